The van der Waals surface area contributed by atoms with Gasteiger partial charge >= 0.3 is 12.0 Å². The fraction of sp³-hybridized carbons (Fsp3) is 0.769. The molecule has 3 amide bonds. The van der Waals surface area contributed by atoms with E-state index in [-0.39, 0.29) is 6.04 Å². The summed E-state index contributed by atoms with van der Waals surface area (Å²) in [7, 11) is 0. The molecule has 4 N–H and O–H groups in total. The Balaban J connectivity index is 2.28. The number of hydrogen-bond acceptors (Lipinski definition) is 3. The lowest BCUT2D eigenvalue weighted by molar-refractivity contribution is -0.142. The number of aliphatic carboxylic acids is 1. The molecule has 1 aliphatic rings. The second-order valence-corrected chi connectivity index (χ2v) is 5.25. The van der Waals surface area contributed by atoms with Gasteiger partial charge in [0.2, 0.25) is 12.3 Å². The van der Waals surface area contributed by atoms with Crippen molar-refractivity contribution in [3.63, 3.8) is 0 Å². The van der Waals surface area contributed by atoms with Crippen molar-refractivity contribution >= 4 is 17.9 Å². The van der Waals surface area contributed by atoms with Crippen molar-refractivity contribution in [3.05, 3.63) is 0 Å². The van der Waals surface area contributed by atoms with Crippen LogP contribution in [-0.4, -0.2) is 48.1 Å². The van der Waals surface area contributed by atoms with Gasteiger partial charge in [-0.1, -0.05) is 19.3 Å². The first kappa shape index (κ1) is 18.1. The second-order valence-electron chi connectivity index (χ2n) is 5.25. The Kier molecular flexibility index (Phi) is 7.55. The zero-order valence-electron chi connectivity index (χ0n) is 12.1. The lowest BCUT2D eigenvalue weighted by Crippen LogP contribution is -2.49. The van der Waals surface area contributed by atoms with E-state index < -0.39 is 43.3 Å². The molecule has 0 saturated heterocycles. The molecule has 0 radical (unpaired) electrons. The molecular formula is C13H21F2N3O4. The minimum atomic E-state index is -2.84. The maximum atomic E-state index is 12.2. The number of urea groups is 1. The molecule has 0 bridgehead atoms. The summed E-state index contributed by atoms with van der Waals surface area (Å²) in [5, 5.41) is 15.7. The number of halogens is 2. The molecular weight excluding hydrogens is 300 g/mol. The molecule has 1 unspecified atom stereocenters. The van der Waals surface area contributed by atoms with E-state index in [4.69, 9.17) is 5.11 Å². The van der Waals surface area contributed by atoms with Gasteiger partial charge in [-0.2, -0.15) is 0 Å². The van der Waals surface area contributed by atoms with E-state index >= 15 is 0 Å². The summed E-state index contributed by atoms with van der Waals surface area (Å²) in [5.74, 6) is -2.37. The first-order valence-corrected chi connectivity index (χ1v) is 7.23. The number of alkyl halides is 2. The number of amides is 3. The number of carboxylic acids is 1. The summed E-state index contributed by atoms with van der Waals surface area (Å²) in [5.41, 5.74) is 0. The number of nitrogens with one attached hydrogen (secondary N) is 3. The van der Waals surface area contributed by atoms with E-state index in [9.17, 15) is 23.2 Å². The average molecular weight is 321 g/mol. The van der Waals surface area contributed by atoms with Gasteiger partial charge in [-0.25, -0.2) is 18.4 Å². The van der Waals surface area contributed by atoms with Crippen LogP contribution < -0.4 is 16.0 Å². The Hall–Kier alpha value is -1.93. The third kappa shape index (κ3) is 7.19. The second kappa shape index (κ2) is 9.16. The van der Waals surface area contributed by atoms with Gasteiger partial charge in [0.25, 0.3) is 0 Å². The highest BCUT2D eigenvalue weighted by atomic mass is 19.3. The van der Waals surface area contributed by atoms with Crippen LogP contribution in [0.3, 0.4) is 0 Å². The normalized spacial score (nSPS) is 16.9. The van der Waals surface area contributed by atoms with Gasteiger partial charge in [0.1, 0.15) is 6.04 Å². The topological polar surface area (TPSA) is 108 Å². The molecule has 0 aliphatic heterocycles. The Labute approximate surface area is 126 Å². The molecule has 1 atom stereocenters. The Morgan fingerprint density at radius 3 is 2.32 bits per heavy atom. The van der Waals surface area contributed by atoms with Crippen LogP contribution in [0.1, 0.15) is 38.5 Å². The zero-order chi connectivity index (χ0) is 16.5. The quantitative estimate of drug-likeness (QED) is 0.557. The van der Waals surface area contributed by atoms with Crippen LogP contribution >= 0.6 is 0 Å². The first-order valence-electron chi connectivity index (χ1n) is 7.23. The summed E-state index contributed by atoms with van der Waals surface area (Å²) in [4.78, 5) is 33.8. The van der Waals surface area contributed by atoms with E-state index in [1.54, 1.807) is 0 Å². The van der Waals surface area contributed by atoms with Gasteiger partial charge in [0.15, 0.2) is 0 Å². The van der Waals surface area contributed by atoms with Gasteiger partial charge in [-0.15, -0.1) is 0 Å². The molecule has 0 aromatic heterocycles. The number of rotatable bonds is 7. The lowest BCUT2D eigenvalue weighted by Gasteiger charge is -2.22. The largest absolute Gasteiger partial charge is 0.480 e. The van der Waals surface area contributed by atoms with Crippen LogP contribution in [-0.2, 0) is 9.59 Å². The van der Waals surface area contributed by atoms with Crippen molar-refractivity contribution < 1.29 is 28.3 Å². The summed E-state index contributed by atoms with van der Waals surface area (Å²) in [6, 6.07) is -2.12. The van der Waals surface area contributed by atoms with Crippen molar-refractivity contribution in [2.45, 2.75) is 57.0 Å². The standard InChI is InChI=1S/C13H21F2N3O4/c14-10(15)6-9(12(20)21)18-11(19)7-16-13(22)17-8-4-2-1-3-5-8/h8-10H,1-7H2,(H,18,19)(H,20,21)(H2,16,17,22). The van der Waals surface area contributed by atoms with E-state index in [1.807, 2.05) is 5.32 Å². The van der Waals surface area contributed by atoms with E-state index in [2.05, 4.69) is 10.6 Å². The summed E-state index contributed by atoms with van der Waals surface area (Å²) in [6.45, 7) is -0.467. The minimum Gasteiger partial charge on any atom is -0.480 e. The van der Waals surface area contributed by atoms with Gasteiger partial charge in [0, 0.05) is 12.5 Å². The summed E-state index contributed by atoms with van der Waals surface area (Å²) in [6.07, 6.45) is 1.17. The highest BCUT2D eigenvalue weighted by Crippen LogP contribution is 2.17. The minimum absolute atomic E-state index is 0.0717. The van der Waals surface area contributed by atoms with Crippen molar-refractivity contribution in [2.24, 2.45) is 0 Å². The first-order chi connectivity index (χ1) is 10.4. The fourth-order valence-corrected chi connectivity index (χ4v) is 2.29. The average Bonchev–Trinajstić information content (AvgIpc) is 2.45. The van der Waals surface area contributed by atoms with E-state index in [0.29, 0.717) is 0 Å². The molecule has 1 fully saturated rings. The number of carboxylic acid groups (broad SMARTS) is 1. The third-order valence-electron chi connectivity index (χ3n) is 3.40. The number of carbonyl (C=O) groups excluding carboxylic acids is 2. The molecule has 1 aliphatic carbocycles. The van der Waals surface area contributed by atoms with Crippen LogP contribution in [0, 0.1) is 0 Å². The molecule has 9 heteroatoms. The smallest absolute Gasteiger partial charge is 0.326 e. The number of carbonyl (C=O) groups is 3. The lowest BCUT2D eigenvalue weighted by atomic mass is 9.96. The van der Waals surface area contributed by atoms with E-state index in [1.165, 1.54) is 0 Å². The number of hydrogen-bond donors (Lipinski definition) is 4. The SMILES string of the molecule is O=C(CNC(=O)NC1CCCCC1)NC(CC(F)F)C(=O)O. The van der Waals surface area contributed by atoms with Gasteiger partial charge in [-0.3, -0.25) is 4.79 Å². The van der Waals surface area contributed by atoms with Gasteiger partial charge < -0.3 is 21.1 Å². The van der Waals surface area contributed by atoms with Crippen molar-refractivity contribution in [3.8, 4) is 0 Å². The van der Waals surface area contributed by atoms with Crippen molar-refractivity contribution in [2.75, 3.05) is 6.54 Å². The predicted molar refractivity (Wildman–Crippen MR) is 73.6 cm³/mol. The molecule has 0 aromatic carbocycles. The predicted octanol–water partition coefficient (Wildman–Crippen LogP) is 0.843. The van der Waals surface area contributed by atoms with Crippen LogP contribution in [0.4, 0.5) is 13.6 Å². The van der Waals surface area contributed by atoms with Gasteiger partial charge in [-0.05, 0) is 12.8 Å². The van der Waals surface area contributed by atoms with Crippen LogP contribution in [0.2, 0.25) is 0 Å². The van der Waals surface area contributed by atoms with Crippen molar-refractivity contribution in [1.82, 2.24) is 16.0 Å². The molecule has 0 spiro atoms. The highest BCUT2D eigenvalue weighted by molar-refractivity contribution is 5.87. The Bertz CT molecular complexity index is 401. The molecule has 1 rings (SSSR count). The molecule has 0 aromatic rings. The summed E-state index contributed by atoms with van der Waals surface area (Å²) >= 11 is 0. The van der Waals surface area contributed by atoms with Crippen molar-refractivity contribution in [1.29, 1.82) is 0 Å². The monoisotopic (exact) mass is 321 g/mol. The Morgan fingerprint density at radius 1 is 1.14 bits per heavy atom. The maximum Gasteiger partial charge on any atom is 0.326 e. The van der Waals surface area contributed by atoms with Gasteiger partial charge in [0.05, 0.1) is 6.54 Å². The van der Waals surface area contributed by atoms with Crippen LogP contribution in [0.25, 0.3) is 0 Å². The van der Waals surface area contributed by atoms with Crippen LogP contribution in [0.15, 0.2) is 0 Å². The molecule has 1 saturated carbocycles. The maximum absolute atomic E-state index is 12.2. The summed E-state index contributed by atoms with van der Waals surface area (Å²) < 4.78 is 24.4. The fourth-order valence-electron chi connectivity index (χ4n) is 2.29. The molecule has 7 nitrogen and oxygen atoms in total. The highest BCUT2D eigenvalue weighted by Gasteiger charge is 2.24. The molecule has 126 valence electrons. The molecule has 22 heavy (non-hydrogen) atoms. The van der Waals surface area contributed by atoms with E-state index in [0.717, 1.165) is 32.1 Å². The Morgan fingerprint density at radius 2 is 1.77 bits per heavy atom. The third-order valence-corrected chi connectivity index (χ3v) is 3.40. The zero-order valence-corrected chi connectivity index (χ0v) is 12.1. The molecule has 0 heterocycles. The van der Waals surface area contributed by atoms with Crippen LogP contribution in [0.5, 0.6) is 0 Å².